The molecule has 0 saturated heterocycles. The molecule has 1 saturated carbocycles. The molecule has 1 aliphatic carbocycles. The molecule has 0 amide bonds. The van der Waals surface area contributed by atoms with Gasteiger partial charge in [0.25, 0.3) is 0 Å². The summed E-state index contributed by atoms with van der Waals surface area (Å²) in [5.74, 6) is 1.53. The van der Waals surface area contributed by atoms with Gasteiger partial charge in [-0.15, -0.1) is 0 Å². The Morgan fingerprint density at radius 3 is 3.00 bits per heavy atom. The summed E-state index contributed by atoms with van der Waals surface area (Å²) in [6, 6.07) is 6.20. The fourth-order valence-electron chi connectivity index (χ4n) is 2.30. The van der Waals surface area contributed by atoms with Crippen LogP contribution in [0.5, 0.6) is 0 Å². The van der Waals surface area contributed by atoms with E-state index in [2.05, 4.69) is 23.3 Å². The van der Waals surface area contributed by atoms with Gasteiger partial charge in [0.1, 0.15) is 5.82 Å². The quantitative estimate of drug-likeness (QED) is 0.825. The van der Waals surface area contributed by atoms with E-state index in [1.165, 1.54) is 25.7 Å². The lowest BCUT2D eigenvalue weighted by atomic mass is 9.86. The van der Waals surface area contributed by atoms with E-state index in [0.717, 1.165) is 5.82 Å². The zero-order valence-corrected chi connectivity index (χ0v) is 9.61. The highest BCUT2D eigenvalue weighted by Gasteiger charge is 2.21. The first kappa shape index (κ1) is 10.9. The second-order valence-electron chi connectivity index (χ2n) is 4.55. The number of nitriles is 1. The maximum Gasteiger partial charge on any atom is 0.127 e. The molecule has 2 atom stereocenters. The Labute approximate surface area is 96.5 Å². The summed E-state index contributed by atoms with van der Waals surface area (Å²) >= 11 is 0. The molecule has 3 nitrogen and oxygen atoms in total. The van der Waals surface area contributed by atoms with E-state index < -0.39 is 0 Å². The van der Waals surface area contributed by atoms with Gasteiger partial charge in [-0.2, -0.15) is 5.26 Å². The third-order valence-electron chi connectivity index (χ3n) is 3.33. The van der Waals surface area contributed by atoms with Gasteiger partial charge in [-0.05, 0) is 30.9 Å². The highest BCUT2D eigenvalue weighted by Crippen LogP contribution is 2.26. The van der Waals surface area contributed by atoms with Crippen molar-refractivity contribution in [2.45, 2.75) is 38.6 Å². The van der Waals surface area contributed by atoms with E-state index in [0.29, 0.717) is 17.5 Å². The Bertz CT molecular complexity index is 394. The molecule has 1 aliphatic rings. The summed E-state index contributed by atoms with van der Waals surface area (Å²) in [5, 5.41) is 12.3. The lowest BCUT2D eigenvalue weighted by molar-refractivity contribution is 0.349. The second kappa shape index (κ2) is 4.98. The highest BCUT2D eigenvalue weighted by atomic mass is 15.0. The molecular weight excluding hydrogens is 198 g/mol. The van der Waals surface area contributed by atoms with Crippen molar-refractivity contribution in [3.63, 3.8) is 0 Å². The highest BCUT2D eigenvalue weighted by molar-refractivity contribution is 5.43. The molecule has 0 aliphatic heterocycles. The van der Waals surface area contributed by atoms with Crippen molar-refractivity contribution in [1.82, 2.24) is 4.98 Å². The van der Waals surface area contributed by atoms with E-state index in [1.54, 1.807) is 12.3 Å². The number of aromatic nitrogens is 1. The summed E-state index contributed by atoms with van der Waals surface area (Å²) in [6.07, 6.45) is 6.81. The average molecular weight is 215 g/mol. The molecule has 2 rings (SSSR count). The largest absolute Gasteiger partial charge is 0.367 e. The zero-order valence-electron chi connectivity index (χ0n) is 9.61. The normalized spacial score (nSPS) is 24.8. The predicted octanol–water partition coefficient (Wildman–Crippen LogP) is 2.94. The zero-order chi connectivity index (χ0) is 11.4. The topological polar surface area (TPSA) is 48.7 Å². The molecular formula is C13H17N3. The monoisotopic (exact) mass is 215 g/mol. The van der Waals surface area contributed by atoms with Crippen molar-refractivity contribution in [1.29, 1.82) is 5.26 Å². The molecule has 0 spiro atoms. The molecule has 1 aromatic rings. The Hall–Kier alpha value is -1.56. The van der Waals surface area contributed by atoms with Crippen LogP contribution in [0.25, 0.3) is 0 Å². The number of nitrogens with one attached hydrogen (secondary N) is 1. The minimum absolute atomic E-state index is 0.509. The van der Waals surface area contributed by atoms with Crippen molar-refractivity contribution >= 4 is 5.82 Å². The first-order valence-corrected chi connectivity index (χ1v) is 5.92. The molecule has 2 unspecified atom stereocenters. The summed E-state index contributed by atoms with van der Waals surface area (Å²) in [7, 11) is 0. The molecule has 0 bridgehead atoms. The van der Waals surface area contributed by atoms with Crippen molar-refractivity contribution in [3.8, 4) is 6.07 Å². The number of pyridine rings is 1. The van der Waals surface area contributed by atoms with Crippen molar-refractivity contribution in [2.75, 3.05) is 5.32 Å². The Morgan fingerprint density at radius 1 is 1.44 bits per heavy atom. The Morgan fingerprint density at radius 2 is 2.25 bits per heavy atom. The van der Waals surface area contributed by atoms with Crippen LogP contribution in [-0.4, -0.2) is 11.0 Å². The standard InChI is InChI=1S/C13H17N3/c1-10-4-2-3-5-12(10)16-13-8-11(9-14)6-7-15-13/h6-8,10,12H,2-5H2,1H3,(H,15,16). The van der Waals surface area contributed by atoms with Gasteiger partial charge in [-0.1, -0.05) is 19.8 Å². The van der Waals surface area contributed by atoms with Gasteiger partial charge in [0.05, 0.1) is 11.6 Å². The predicted molar refractivity (Wildman–Crippen MR) is 64.0 cm³/mol. The molecule has 3 heteroatoms. The number of nitrogens with zero attached hydrogens (tertiary/aromatic N) is 2. The van der Waals surface area contributed by atoms with E-state index in [9.17, 15) is 0 Å². The summed E-state index contributed by atoms with van der Waals surface area (Å²) in [4.78, 5) is 4.25. The Kier molecular flexibility index (Phi) is 3.40. The van der Waals surface area contributed by atoms with E-state index >= 15 is 0 Å². The first-order valence-electron chi connectivity index (χ1n) is 5.92. The van der Waals surface area contributed by atoms with Crippen LogP contribution >= 0.6 is 0 Å². The van der Waals surface area contributed by atoms with Gasteiger partial charge in [0, 0.05) is 12.2 Å². The van der Waals surface area contributed by atoms with Crippen molar-refractivity contribution in [3.05, 3.63) is 23.9 Å². The molecule has 16 heavy (non-hydrogen) atoms. The SMILES string of the molecule is CC1CCCCC1Nc1cc(C#N)ccn1. The molecule has 0 aromatic carbocycles. The molecule has 84 valence electrons. The van der Waals surface area contributed by atoms with Crippen LogP contribution in [0.2, 0.25) is 0 Å². The third-order valence-corrected chi connectivity index (χ3v) is 3.33. The minimum atomic E-state index is 0.509. The number of hydrogen-bond donors (Lipinski definition) is 1. The maximum absolute atomic E-state index is 8.81. The van der Waals surface area contributed by atoms with Gasteiger partial charge in [0.2, 0.25) is 0 Å². The summed E-state index contributed by atoms with van der Waals surface area (Å²) < 4.78 is 0. The molecule has 1 fully saturated rings. The van der Waals surface area contributed by atoms with Crippen molar-refractivity contribution < 1.29 is 0 Å². The van der Waals surface area contributed by atoms with Gasteiger partial charge >= 0.3 is 0 Å². The smallest absolute Gasteiger partial charge is 0.127 e. The fourth-order valence-corrected chi connectivity index (χ4v) is 2.30. The fraction of sp³-hybridized carbons (Fsp3) is 0.538. The summed E-state index contributed by atoms with van der Waals surface area (Å²) in [6.45, 7) is 2.28. The molecule has 1 N–H and O–H groups in total. The first-order chi connectivity index (χ1) is 7.79. The number of hydrogen-bond acceptors (Lipinski definition) is 3. The molecule has 0 radical (unpaired) electrons. The minimum Gasteiger partial charge on any atom is -0.367 e. The van der Waals surface area contributed by atoms with Gasteiger partial charge in [-0.3, -0.25) is 0 Å². The average Bonchev–Trinajstić information content (AvgIpc) is 2.32. The number of anilines is 1. The van der Waals surface area contributed by atoms with Crippen molar-refractivity contribution in [2.24, 2.45) is 5.92 Å². The van der Waals surface area contributed by atoms with Crippen LogP contribution < -0.4 is 5.32 Å². The van der Waals surface area contributed by atoms with Gasteiger partial charge < -0.3 is 5.32 Å². The van der Waals surface area contributed by atoms with Crippen LogP contribution in [0.3, 0.4) is 0 Å². The third kappa shape index (κ3) is 2.52. The molecule has 1 heterocycles. The molecule has 1 aromatic heterocycles. The van der Waals surface area contributed by atoms with Crippen LogP contribution in [0.4, 0.5) is 5.82 Å². The van der Waals surface area contributed by atoms with Gasteiger partial charge in [0.15, 0.2) is 0 Å². The lowest BCUT2D eigenvalue weighted by Crippen LogP contribution is -2.30. The lowest BCUT2D eigenvalue weighted by Gasteiger charge is -2.29. The van der Waals surface area contributed by atoms with Crippen LogP contribution in [-0.2, 0) is 0 Å². The van der Waals surface area contributed by atoms with Crippen LogP contribution in [0, 0.1) is 17.2 Å². The Balaban J connectivity index is 2.05. The van der Waals surface area contributed by atoms with Crippen LogP contribution in [0.15, 0.2) is 18.3 Å². The van der Waals surface area contributed by atoms with E-state index in [-0.39, 0.29) is 0 Å². The van der Waals surface area contributed by atoms with E-state index in [4.69, 9.17) is 5.26 Å². The summed E-state index contributed by atoms with van der Waals surface area (Å²) in [5.41, 5.74) is 0.668. The van der Waals surface area contributed by atoms with Crippen LogP contribution in [0.1, 0.15) is 38.2 Å². The number of rotatable bonds is 2. The second-order valence-corrected chi connectivity index (χ2v) is 4.55. The van der Waals surface area contributed by atoms with E-state index in [1.807, 2.05) is 6.07 Å². The maximum atomic E-state index is 8.81. The van der Waals surface area contributed by atoms with Gasteiger partial charge in [-0.25, -0.2) is 4.98 Å².